The first-order chi connectivity index (χ1) is 15.1. The number of ether oxygens (including phenoxy) is 1. The molecule has 0 bridgehead atoms. The molecule has 2 fully saturated rings. The van der Waals surface area contributed by atoms with E-state index in [0.29, 0.717) is 43.6 Å². The highest BCUT2D eigenvalue weighted by Gasteiger charge is 2.28. The van der Waals surface area contributed by atoms with Gasteiger partial charge in [-0.05, 0) is 31.4 Å². The SMILES string of the molecule is CCc1nnc(Nc2cccc([C@@H]3CN(C(=O)CN4CCCCCC4=O)CCO3)n2)s1. The molecule has 2 aliphatic heterocycles. The maximum Gasteiger partial charge on any atom is 0.242 e. The monoisotopic (exact) mass is 444 g/mol. The van der Waals surface area contributed by atoms with E-state index in [9.17, 15) is 9.59 Å². The second-order valence-corrected chi connectivity index (χ2v) is 8.81. The number of morpholine rings is 1. The largest absolute Gasteiger partial charge is 0.368 e. The quantitative estimate of drug-likeness (QED) is 0.731. The molecule has 0 radical (unpaired) electrons. The molecule has 1 N–H and O–H groups in total. The van der Waals surface area contributed by atoms with E-state index in [1.807, 2.05) is 25.1 Å². The number of hydrogen-bond acceptors (Lipinski definition) is 8. The number of nitrogens with one attached hydrogen (secondary N) is 1. The molecule has 4 rings (SSSR count). The molecule has 0 unspecified atom stereocenters. The van der Waals surface area contributed by atoms with Crippen molar-refractivity contribution >= 4 is 34.1 Å². The molecule has 0 aromatic carbocycles. The van der Waals surface area contributed by atoms with Crippen molar-refractivity contribution in [2.45, 2.75) is 45.1 Å². The second-order valence-electron chi connectivity index (χ2n) is 7.75. The summed E-state index contributed by atoms with van der Waals surface area (Å²) in [5, 5.41) is 13.1. The fraction of sp³-hybridized carbons (Fsp3) is 0.571. The lowest BCUT2D eigenvalue weighted by atomic mass is 10.2. The van der Waals surface area contributed by atoms with Crippen LogP contribution in [0.2, 0.25) is 0 Å². The van der Waals surface area contributed by atoms with Crippen molar-refractivity contribution < 1.29 is 14.3 Å². The zero-order valence-electron chi connectivity index (χ0n) is 17.7. The molecule has 2 aromatic heterocycles. The molecule has 2 saturated heterocycles. The molecule has 2 aromatic rings. The third-order valence-electron chi connectivity index (χ3n) is 5.52. The van der Waals surface area contributed by atoms with Crippen molar-refractivity contribution in [3.8, 4) is 0 Å². The summed E-state index contributed by atoms with van der Waals surface area (Å²) in [5.41, 5.74) is 0.758. The molecule has 0 saturated carbocycles. The summed E-state index contributed by atoms with van der Waals surface area (Å²) in [6.07, 6.45) is 3.99. The number of likely N-dealkylation sites (tertiary alicyclic amines) is 1. The average Bonchev–Trinajstić information content (AvgIpc) is 3.16. The third-order valence-corrected chi connectivity index (χ3v) is 6.50. The van der Waals surface area contributed by atoms with E-state index in [1.165, 1.54) is 11.3 Å². The van der Waals surface area contributed by atoms with Crippen LogP contribution in [0.25, 0.3) is 0 Å². The Morgan fingerprint density at radius 1 is 1.26 bits per heavy atom. The topological polar surface area (TPSA) is 101 Å². The van der Waals surface area contributed by atoms with Gasteiger partial charge in [0.15, 0.2) is 0 Å². The van der Waals surface area contributed by atoms with Crippen molar-refractivity contribution in [3.63, 3.8) is 0 Å². The Labute approximate surface area is 185 Å². The Balaban J connectivity index is 1.38. The van der Waals surface area contributed by atoms with Gasteiger partial charge in [0, 0.05) is 19.5 Å². The number of carbonyl (C=O) groups is 2. The summed E-state index contributed by atoms with van der Waals surface area (Å²) in [7, 11) is 0. The highest BCUT2D eigenvalue weighted by Crippen LogP contribution is 2.25. The number of aromatic nitrogens is 3. The first-order valence-electron chi connectivity index (χ1n) is 10.9. The minimum atomic E-state index is -0.306. The van der Waals surface area contributed by atoms with Gasteiger partial charge in [-0.25, -0.2) is 4.98 Å². The predicted octanol–water partition coefficient (Wildman–Crippen LogP) is 2.54. The Morgan fingerprint density at radius 3 is 3.00 bits per heavy atom. The van der Waals surface area contributed by atoms with Crippen LogP contribution in [0.4, 0.5) is 10.9 Å². The fourth-order valence-electron chi connectivity index (χ4n) is 3.78. The van der Waals surface area contributed by atoms with E-state index in [1.54, 1.807) is 9.80 Å². The standard InChI is InChI=1S/C21H28N6O3S/c1-2-18-24-25-21(31-18)23-17-8-6-7-15(22-17)16-13-27(11-12-30-16)20(29)14-26-10-5-3-4-9-19(26)28/h6-8,16H,2-5,9-14H2,1H3,(H,22,23,25)/t16-/m0/s1. The second kappa shape index (κ2) is 10.1. The zero-order valence-corrected chi connectivity index (χ0v) is 18.6. The summed E-state index contributed by atoms with van der Waals surface area (Å²) >= 11 is 1.50. The van der Waals surface area contributed by atoms with Crippen LogP contribution >= 0.6 is 11.3 Å². The number of rotatable bonds is 6. The molecule has 2 aliphatic rings. The van der Waals surface area contributed by atoms with Gasteiger partial charge in [-0.1, -0.05) is 30.7 Å². The Bertz CT molecular complexity index is 920. The molecule has 166 valence electrons. The van der Waals surface area contributed by atoms with Gasteiger partial charge in [-0.15, -0.1) is 10.2 Å². The van der Waals surface area contributed by atoms with Crippen LogP contribution in [-0.2, 0) is 20.7 Å². The van der Waals surface area contributed by atoms with Crippen molar-refractivity contribution in [3.05, 3.63) is 28.9 Å². The van der Waals surface area contributed by atoms with Gasteiger partial charge in [-0.2, -0.15) is 0 Å². The molecule has 2 amide bonds. The number of hydrogen-bond donors (Lipinski definition) is 1. The molecular weight excluding hydrogens is 416 g/mol. The van der Waals surface area contributed by atoms with Crippen molar-refractivity contribution in [2.75, 3.05) is 38.1 Å². The van der Waals surface area contributed by atoms with E-state index < -0.39 is 0 Å². The molecule has 1 atom stereocenters. The third kappa shape index (κ3) is 5.56. The summed E-state index contributed by atoms with van der Waals surface area (Å²) in [4.78, 5) is 33.2. The van der Waals surface area contributed by atoms with E-state index in [0.717, 1.165) is 36.4 Å². The number of pyridine rings is 1. The minimum Gasteiger partial charge on any atom is -0.368 e. The first-order valence-corrected chi connectivity index (χ1v) is 11.7. The van der Waals surface area contributed by atoms with Crippen LogP contribution in [0.5, 0.6) is 0 Å². The van der Waals surface area contributed by atoms with Crippen LogP contribution in [0.1, 0.15) is 49.4 Å². The molecule has 9 nitrogen and oxygen atoms in total. The van der Waals surface area contributed by atoms with E-state index in [4.69, 9.17) is 4.74 Å². The van der Waals surface area contributed by atoms with Crippen LogP contribution in [0, 0.1) is 0 Å². The molecule has 31 heavy (non-hydrogen) atoms. The number of carbonyl (C=O) groups excluding carboxylic acids is 2. The minimum absolute atomic E-state index is 0.0289. The van der Waals surface area contributed by atoms with Gasteiger partial charge in [-0.3, -0.25) is 9.59 Å². The molecule has 4 heterocycles. The Kier molecular flexibility index (Phi) is 7.08. The van der Waals surface area contributed by atoms with Gasteiger partial charge in [0.05, 0.1) is 25.4 Å². The summed E-state index contributed by atoms with van der Waals surface area (Å²) in [5.74, 6) is 0.719. The highest BCUT2D eigenvalue weighted by atomic mass is 32.1. The van der Waals surface area contributed by atoms with E-state index in [2.05, 4.69) is 20.5 Å². The van der Waals surface area contributed by atoms with Gasteiger partial charge < -0.3 is 19.9 Å². The fourth-order valence-corrected chi connectivity index (χ4v) is 4.47. The lowest BCUT2D eigenvalue weighted by molar-refractivity contribution is -0.145. The normalized spacial score (nSPS) is 19.9. The molecule has 10 heteroatoms. The van der Waals surface area contributed by atoms with E-state index >= 15 is 0 Å². The lowest BCUT2D eigenvalue weighted by Gasteiger charge is -2.34. The summed E-state index contributed by atoms with van der Waals surface area (Å²) in [6, 6.07) is 5.68. The van der Waals surface area contributed by atoms with Gasteiger partial charge in [0.25, 0.3) is 0 Å². The number of aryl methyl sites for hydroxylation is 1. The predicted molar refractivity (Wildman–Crippen MR) is 117 cm³/mol. The number of anilines is 2. The molecular formula is C21H28N6O3S. The van der Waals surface area contributed by atoms with Crippen molar-refractivity contribution in [1.29, 1.82) is 0 Å². The zero-order chi connectivity index (χ0) is 21.6. The Hall–Kier alpha value is -2.59. The van der Waals surface area contributed by atoms with Gasteiger partial charge >= 0.3 is 0 Å². The van der Waals surface area contributed by atoms with Gasteiger partial charge in [0.2, 0.25) is 16.9 Å². The van der Waals surface area contributed by atoms with Crippen LogP contribution in [0.15, 0.2) is 18.2 Å². The van der Waals surface area contributed by atoms with Crippen LogP contribution in [0.3, 0.4) is 0 Å². The maximum atomic E-state index is 12.9. The van der Waals surface area contributed by atoms with Crippen LogP contribution < -0.4 is 5.32 Å². The molecule has 0 aliphatic carbocycles. The highest BCUT2D eigenvalue weighted by molar-refractivity contribution is 7.15. The van der Waals surface area contributed by atoms with Crippen molar-refractivity contribution in [2.24, 2.45) is 0 Å². The lowest BCUT2D eigenvalue weighted by Crippen LogP contribution is -2.47. The maximum absolute atomic E-state index is 12.9. The van der Waals surface area contributed by atoms with Crippen molar-refractivity contribution in [1.82, 2.24) is 25.0 Å². The van der Waals surface area contributed by atoms with Gasteiger partial charge in [0.1, 0.15) is 16.9 Å². The summed E-state index contributed by atoms with van der Waals surface area (Å²) in [6.45, 7) is 4.26. The Morgan fingerprint density at radius 2 is 2.16 bits per heavy atom. The van der Waals surface area contributed by atoms with Crippen LogP contribution in [-0.4, -0.2) is 69.6 Å². The number of nitrogens with zero attached hydrogens (tertiary/aromatic N) is 5. The summed E-state index contributed by atoms with van der Waals surface area (Å²) < 4.78 is 5.91. The number of amides is 2. The van der Waals surface area contributed by atoms with E-state index in [-0.39, 0.29) is 24.5 Å². The average molecular weight is 445 g/mol. The first kappa shape index (κ1) is 21.6. The molecule has 0 spiro atoms. The smallest absolute Gasteiger partial charge is 0.242 e.